The first-order chi connectivity index (χ1) is 22.2. The summed E-state index contributed by atoms with van der Waals surface area (Å²) in [5.74, 6) is -0.980. The summed E-state index contributed by atoms with van der Waals surface area (Å²) >= 11 is 0. The molecule has 0 heterocycles. The standard InChI is InChI=1S/C35H61O10P/c1-3-5-7-9-11-13-15-16-17-19-21-23-25-27-35(39)45-33(31-44-46(40,41)43-29-32(37)28-36)30-42-34(38)26-24-22-20-18-14-12-10-8-6-4-2/h5,7-8,10-11,13,16-17,32-33,36-37H,3-4,6,9,12,14-15,18-31H2,1-2H3,(H,40,41)/b7-5-,10-8-,13-11-,17-16-. The van der Waals surface area contributed by atoms with Gasteiger partial charge in [0.2, 0.25) is 0 Å². The fourth-order valence-corrected chi connectivity index (χ4v) is 4.86. The molecule has 10 nitrogen and oxygen atoms in total. The summed E-state index contributed by atoms with van der Waals surface area (Å²) in [6.07, 6.45) is 29.6. The van der Waals surface area contributed by atoms with Crippen molar-refractivity contribution in [2.45, 2.75) is 135 Å². The van der Waals surface area contributed by atoms with Gasteiger partial charge >= 0.3 is 19.8 Å². The maximum atomic E-state index is 12.5. The number of carbonyl (C=O) groups excluding carboxylic acids is 2. The second kappa shape index (κ2) is 31.5. The lowest BCUT2D eigenvalue weighted by atomic mass is 10.1. The average molecular weight is 673 g/mol. The van der Waals surface area contributed by atoms with E-state index in [9.17, 15) is 24.2 Å². The lowest BCUT2D eigenvalue weighted by molar-refractivity contribution is -0.161. The molecule has 0 aliphatic carbocycles. The van der Waals surface area contributed by atoms with Crippen LogP contribution in [0.2, 0.25) is 0 Å². The molecular formula is C35H61O10P. The number of esters is 2. The normalized spacial score (nSPS) is 14.8. The van der Waals surface area contributed by atoms with E-state index in [2.05, 4.69) is 67.0 Å². The third-order valence-corrected chi connectivity index (χ3v) is 7.65. The number of allylic oxidation sites excluding steroid dienone is 8. The van der Waals surface area contributed by atoms with Crippen LogP contribution in [0.4, 0.5) is 0 Å². The first-order valence-electron chi connectivity index (χ1n) is 17.1. The van der Waals surface area contributed by atoms with E-state index in [4.69, 9.17) is 19.1 Å². The molecule has 0 fully saturated rings. The van der Waals surface area contributed by atoms with Gasteiger partial charge in [0.15, 0.2) is 6.10 Å². The third-order valence-electron chi connectivity index (χ3n) is 6.70. The van der Waals surface area contributed by atoms with Crippen LogP contribution in [0.15, 0.2) is 48.6 Å². The van der Waals surface area contributed by atoms with E-state index in [1.807, 2.05) is 0 Å². The number of hydrogen-bond acceptors (Lipinski definition) is 9. The van der Waals surface area contributed by atoms with Crippen molar-refractivity contribution >= 4 is 19.8 Å². The number of ether oxygens (including phenoxy) is 2. The highest BCUT2D eigenvalue weighted by Crippen LogP contribution is 2.43. The Hall–Kier alpha value is -2.07. The summed E-state index contributed by atoms with van der Waals surface area (Å²) in [5.41, 5.74) is 0. The SMILES string of the molecule is CC/C=C\C/C=C\C/C=C\CCCCCC(=O)OC(COC(=O)CCCCCCC/C=C\CCC)COP(=O)(O)OCC(O)CO. The van der Waals surface area contributed by atoms with Crippen molar-refractivity contribution in [3.05, 3.63) is 48.6 Å². The molecule has 3 N–H and O–H groups in total. The van der Waals surface area contributed by atoms with Gasteiger partial charge in [-0.1, -0.05) is 94.6 Å². The van der Waals surface area contributed by atoms with Gasteiger partial charge in [0.05, 0.1) is 19.8 Å². The first kappa shape index (κ1) is 43.9. The smallest absolute Gasteiger partial charge is 0.462 e. The number of aliphatic hydroxyl groups is 2. The molecule has 0 aromatic heterocycles. The summed E-state index contributed by atoms with van der Waals surface area (Å²) in [5, 5.41) is 18.2. The van der Waals surface area contributed by atoms with Crippen LogP contribution in [0, 0.1) is 0 Å². The Morgan fingerprint density at radius 3 is 1.85 bits per heavy atom. The van der Waals surface area contributed by atoms with Gasteiger partial charge in [0.25, 0.3) is 0 Å². The maximum Gasteiger partial charge on any atom is 0.472 e. The summed E-state index contributed by atoms with van der Waals surface area (Å²) in [4.78, 5) is 34.6. The van der Waals surface area contributed by atoms with Crippen molar-refractivity contribution in [3.63, 3.8) is 0 Å². The Balaban J connectivity index is 4.51. The van der Waals surface area contributed by atoms with Gasteiger partial charge in [-0.2, -0.15) is 0 Å². The zero-order valence-electron chi connectivity index (χ0n) is 28.3. The molecule has 0 aromatic rings. The van der Waals surface area contributed by atoms with E-state index >= 15 is 0 Å². The van der Waals surface area contributed by atoms with E-state index in [-0.39, 0.29) is 19.4 Å². The Morgan fingerprint density at radius 2 is 1.20 bits per heavy atom. The first-order valence-corrected chi connectivity index (χ1v) is 18.6. The van der Waals surface area contributed by atoms with Crippen molar-refractivity contribution in [2.24, 2.45) is 0 Å². The van der Waals surface area contributed by atoms with Crippen LogP contribution < -0.4 is 0 Å². The Labute approximate surface area is 277 Å². The van der Waals surface area contributed by atoms with Crippen molar-refractivity contribution in [2.75, 3.05) is 26.4 Å². The summed E-state index contributed by atoms with van der Waals surface area (Å²) in [6, 6.07) is 0. The Kier molecular flexibility index (Phi) is 30.1. The van der Waals surface area contributed by atoms with Crippen LogP contribution >= 0.6 is 7.82 Å². The fraction of sp³-hybridized carbons (Fsp3) is 0.714. The van der Waals surface area contributed by atoms with Gasteiger partial charge in [-0.25, -0.2) is 4.57 Å². The highest BCUT2D eigenvalue weighted by atomic mass is 31.2. The number of rotatable bonds is 31. The van der Waals surface area contributed by atoms with E-state index in [0.717, 1.165) is 83.5 Å². The van der Waals surface area contributed by atoms with Crippen molar-refractivity contribution in [1.82, 2.24) is 0 Å². The molecule has 0 saturated carbocycles. The monoisotopic (exact) mass is 672 g/mol. The van der Waals surface area contributed by atoms with E-state index in [0.29, 0.717) is 12.8 Å². The molecule has 0 saturated heterocycles. The molecule has 46 heavy (non-hydrogen) atoms. The molecular weight excluding hydrogens is 611 g/mol. The number of carbonyl (C=O) groups is 2. The minimum absolute atomic E-state index is 0.145. The molecule has 3 unspecified atom stereocenters. The van der Waals surface area contributed by atoms with Crippen LogP contribution in [-0.2, 0) is 32.7 Å². The molecule has 0 aliphatic heterocycles. The van der Waals surface area contributed by atoms with Crippen LogP contribution in [0.1, 0.15) is 123 Å². The van der Waals surface area contributed by atoms with Gasteiger partial charge in [-0.15, -0.1) is 0 Å². The van der Waals surface area contributed by atoms with Gasteiger partial charge < -0.3 is 24.6 Å². The molecule has 266 valence electrons. The van der Waals surface area contributed by atoms with Crippen LogP contribution in [-0.4, -0.2) is 65.7 Å². The van der Waals surface area contributed by atoms with Gasteiger partial charge in [-0.05, 0) is 64.2 Å². The molecule has 0 amide bonds. The zero-order valence-corrected chi connectivity index (χ0v) is 29.2. The number of hydrogen-bond donors (Lipinski definition) is 3. The van der Waals surface area contributed by atoms with Gasteiger partial charge in [-0.3, -0.25) is 18.6 Å². The fourth-order valence-electron chi connectivity index (χ4n) is 4.07. The highest BCUT2D eigenvalue weighted by molar-refractivity contribution is 7.47. The molecule has 0 aromatic carbocycles. The Bertz CT molecular complexity index is 915. The molecule has 0 spiro atoms. The summed E-state index contributed by atoms with van der Waals surface area (Å²) < 4.78 is 32.4. The predicted molar refractivity (Wildman–Crippen MR) is 182 cm³/mol. The van der Waals surface area contributed by atoms with Crippen molar-refractivity contribution < 1.29 is 47.8 Å². The number of phosphoric ester groups is 1. The van der Waals surface area contributed by atoms with Crippen LogP contribution in [0.3, 0.4) is 0 Å². The van der Waals surface area contributed by atoms with Gasteiger partial charge in [0.1, 0.15) is 12.7 Å². The topological polar surface area (TPSA) is 149 Å². The van der Waals surface area contributed by atoms with E-state index < -0.39 is 51.8 Å². The Morgan fingerprint density at radius 1 is 0.674 bits per heavy atom. The molecule has 0 bridgehead atoms. The number of unbranched alkanes of at least 4 members (excludes halogenated alkanes) is 9. The lowest BCUT2D eigenvalue weighted by Gasteiger charge is -2.20. The summed E-state index contributed by atoms with van der Waals surface area (Å²) in [7, 11) is -4.62. The highest BCUT2D eigenvalue weighted by Gasteiger charge is 2.27. The maximum absolute atomic E-state index is 12.5. The van der Waals surface area contributed by atoms with Crippen LogP contribution in [0.5, 0.6) is 0 Å². The van der Waals surface area contributed by atoms with E-state index in [1.54, 1.807) is 0 Å². The van der Waals surface area contributed by atoms with Crippen LogP contribution in [0.25, 0.3) is 0 Å². The molecule has 0 rings (SSSR count). The predicted octanol–water partition coefficient (Wildman–Crippen LogP) is 7.82. The lowest BCUT2D eigenvalue weighted by Crippen LogP contribution is -2.29. The summed E-state index contributed by atoms with van der Waals surface area (Å²) in [6.45, 7) is 2.11. The third kappa shape index (κ3) is 30.6. The second-order valence-electron chi connectivity index (χ2n) is 11.2. The average Bonchev–Trinajstić information content (AvgIpc) is 3.04. The molecule has 0 radical (unpaired) electrons. The largest absolute Gasteiger partial charge is 0.472 e. The quantitative estimate of drug-likeness (QED) is 0.0288. The minimum Gasteiger partial charge on any atom is -0.462 e. The van der Waals surface area contributed by atoms with Crippen molar-refractivity contribution in [1.29, 1.82) is 0 Å². The van der Waals surface area contributed by atoms with Crippen molar-refractivity contribution in [3.8, 4) is 0 Å². The van der Waals surface area contributed by atoms with E-state index in [1.165, 1.54) is 0 Å². The minimum atomic E-state index is -4.62. The zero-order chi connectivity index (χ0) is 34.1. The molecule has 11 heteroatoms. The molecule has 3 atom stereocenters. The van der Waals surface area contributed by atoms with Gasteiger partial charge in [0, 0.05) is 12.8 Å². The molecule has 0 aliphatic rings. The second-order valence-corrected chi connectivity index (χ2v) is 12.6. The number of phosphoric acid groups is 1. The number of aliphatic hydroxyl groups excluding tert-OH is 2.